The number of thiazole rings is 1. The van der Waals surface area contributed by atoms with Crippen LogP contribution < -0.4 is 0 Å². The normalized spacial score (nSPS) is 12.2. The molecule has 0 aliphatic heterocycles. The molecule has 0 aromatic carbocycles. The third kappa shape index (κ3) is 2.53. The molecule has 0 bridgehead atoms. The molecule has 2 aromatic heterocycles. The summed E-state index contributed by atoms with van der Waals surface area (Å²) in [5.74, 6) is 0.467. The molecular weight excluding hydrogens is 298 g/mol. The lowest BCUT2D eigenvalue weighted by molar-refractivity contribution is 0.458. The Hall–Kier alpha value is -1.03. The van der Waals surface area contributed by atoms with Crippen molar-refractivity contribution in [2.75, 3.05) is 7.05 Å². The lowest BCUT2D eigenvalue weighted by Crippen LogP contribution is -2.26. The van der Waals surface area contributed by atoms with Crippen molar-refractivity contribution < 1.29 is 8.42 Å². The molecule has 0 saturated carbocycles. The molecule has 0 aliphatic carbocycles. The Bertz CT molecular complexity index is 637. The van der Waals surface area contributed by atoms with Gasteiger partial charge in [0.2, 0.25) is 0 Å². The highest BCUT2D eigenvalue weighted by Gasteiger charge is 2.26. The lowest BCUT2D eigenvalue weighted by atomic mass is 10.6. The number of nitrogens with one attached hydrogen (secondary N) is 1. The third-order valence-electron chi connectivity index (χ3n) is 2.21. The van der Waals surface area contributed by atoms with Crippen LogP contribution in [-0.2, 0) is 16.6 Å². The van der Waals surface area contributed by atoms with Gasteiger partial charge in [0.1, 0.15) is 12.2 Å². The molecule has 98 valence electrons. The van der Waals surface area contributed by atoms with Gasteiger partial charge in [-0.1, -0.05) is 22.9 Å². The van der Waals surface area contributed by atoms with Crippen LogP contribution in [0.1, 0.15) is 11.5 Å². The Morgan fingerprint density at radius 1 is 1.56 bits per heavy atom. The number of hydrogen-bond acceptors (Lipinski definition) is 6. The van der Waals surface area contributed by atoms with Crippen LogP contribution in [0.15, 0.2) is 10.5 Å². The van der Waals surface area contributed by atoms with Gasteiger partial charge in [-0.15, -0.1) is 0 Å². The summed E-state index contributed by atoms with van der Waals surface area (Å²) in [6.07, 6.45) is 1.32. The smallest absolute Gasteiger partial charge is 0.254 e. The second-order valence-electron chi connectivity index (χ2n) is 3.53. The zero-order chi connectivity index (χ0) is 13.3. The monoisotopic (exact) mass is 307 g/mol. The Labute approximate surface area is 113 Å². The van der Waals surface area contributed by atoms with E-state index in [0.29, 0.717) is 11.5 Å². The van der Waals surface area contributed by atoms with Crippen LogP contribution in [-0.4, -0.2) is 39.9 Å². The molecule has 1 N–H and O–H groups in total. The summed E-state index contributed by atoms with van der Waals surface area (Å²) in [7, 11) is -2.14. The molecule has 2 rings (SSSR count). The van der Waals surface area contributed by atoms with Crippen LogP contribution in [0.4, 0.5) is 0 Å². The molecule has 2 heterocycles. The number of H-pyrrole nitrogens is 1. The van der Waals surface area contributed by atoms with Gasteiger partial charge in [-0.3, -0.25) is 5.10 Å². The number of nitrogens with zero attached hydrogens (tertiary/aromatic N) is 4. The topological polar surface area (TPSA) is 91.8 Å². The molecular formula is C8H10ClN5O2S2. The van der Waals surface area contributed by atoms with Crippen molar-refractivity contribution in [3.8, 4) is 0 Å². The second kappa shape index (κ2) is 4.92. The SMILES string of the molecule is Cc1nc(Cl)sc1S(=O)(=O)N(C)Cc1ncn[nH]1. The van der Waals surface area contributed by atoms with Crippen LogP contribution >= 0.6 is 22.9 Å². The minimum Gasteiger partial charge on any atom is -0.262 e. The van der Waals surface area contributed by atoms with Crippen LogP contribution in [0.2, 0.25) is 4.47 Å². The van der Waals surface area contributed by atoms with E-state index in [4.69, 9.17) is 11.6 Å². The number of sulfonamides is 1. The fourth-order valence-corrected chi connectivity index (χ4v) is 4.39. The first-order valence-electron chi connectivity index (χ1n) is 4.85. The zero-order valence-corrected chi connectivity index (χ0v) is 12.0. The van der Waals surface area contributed by atoms with Gasteiger partial charge in [0, 0.05) is 7.05 Å². The highest BCUT2D eigenvalue weighted by atomic mass is 35.5. The molecule has 2 aromatic rings. The molecule has 0 atom stereocenters. The molecule has 0 fully saturated rings. The lowest BCUT2D eigenvalue weighted by Gasteiger charge is -2.14. The first-order valence-corrected chi connectivity index (χ1v) is 7.48. The first-order chi connectivity index (χ1) is 8.41. The van der Waals surface area contributed by atoms with E-state index in [1.165, 1.54) is 17.7 Å². The quantitative estimate of drug-likeness (QED) is 0.911. The zero-order valence-electron chi connectivity index (χ0n) is 9.58. The van der Waals surface area contributed by atoms with Gasteiger partial charge < -0.3 is 0 Å². The summed E-state index contributed by atoms with van der Waals surface area (Å²) in [5, 5.41) is 6.27. The van der Waals surface area contributed by atoms with Crippen LogP contribution in [0.5, 0.6) is 0 Å². The molecule has 0 aliphatic rings. The van der Waals surface area contributed by atoms with Crippen molar-refractivity contribution >= 4 is 33.0 Å². The summed E-state index contributed by atoms with van der Waals surface area (Å²) in [5.41, 5.74) is 0.398. The molecule has 0 radical (unpaired) electrons. The summed E-state index contributed by atoms with van der Waals surface area (Å²) in [4.78, 5) is 7.78. The number of aromatic amines is 1. The van der Waals surface area contributed by atoms with E-state index in [2.05, 4.69) is 20.2 Å². The Balaban J connectivity index is 2.28. The summed E-state index contributed by atoms with van der Waals surface area (Å²) < 4.78 is 26.1. The number of aromatic nitrogens is 4. The van der Waals surface area contributed by atoms with Gasteiger partial charge >= 0.3 is 0 Å². The Morgan fingerprint density at radius 2 is 2.28 bits per heavy atom. The van der Waals surface area contributed by atoms with Crippen LogP contribution in [0, 0.1) is 6.92 Å². The predicted octanol–water partition coefficient (Wildman–Crippen LogP) is 1.04. The van der Waals surface area contributed by atoms with Gasteiger partial charge in [-0.05, 0) is 6.92 Å². The molecule has 0 spiro atoms. The van der Waals surface area contributed by atoms with Gasteiger partial charge in [0.25, 0.3) is 10.0 Å². The third-order valence-corrected chi connectivity index (χ3v) is 5.86. The summed E-state index contributed by atoms with van der Waals surface area (Å²) >= 11 is 6.66. The second-order valence-corrected chi connectivity index (χ2v) is 7.35. The van der Waals surface area contributed by atoms with Crippen LogP contribution in [0.25, 0.3) is 0 Å². The fraction of sp³-hybridized carbons (Fsp3) is 0.375. The number of hydrogen-bond donors (Lipinski definition) is 1. The minimum atomic E-state index is -3.61. The molecule has 18 heavy (non-hydrogen) atoms. The van der Waals surface area contributed by atoms with Crippen molar-refractivity contribution in [3.05, 3.63) is 22.3 Å². The average Bonchev–Trinajstić information content (AvgIpc) is 2.88. The number of halogens is 1. The van der Waals surface area contributed by atoms with Crippen molar-refractivity contribution in [1.82, 2.24) is 24.5 Å². The van der Waals surface area contributed by atoms with Crippen molar-refractivity contribution in [2.45, 2.75) is 17.7 Å². The number of aryl methyl sites for hydroxylation is 1. The van der Waals surface area contributed by atoms with E-state index in [9.17, 15) is 8.42 Å². The van der Waals surface area contributed by atoms with Crippen molar-refractivity contribution in [3.63, 3.8) is 0 Å². The Kier molecular flexibility index (Phi) is 3.66. The predicted molar refractivity (Wildman–Crippen MR) is 66.9 cm³/mol. The molecule has 0 saturated heterocycles. The van der Waals surface area contributed by atoms with Crippen LogP contribution in [0.3, 0.4) is 0 Å². The highest BCUT2D eigenvalue weighted by molar-refractivity contribution is 7.91. The largest absolute Gasteiger partial charge is 0.262 e. The van der Waals surface area contributed by atoms with Crippen molar-refractivity contribution in [2.24, 2.45) is 0 Å². The van der Waals surface area contributed by atoms with Crippen molar-refractivity contribution in [1.29, 1.82) is 0 Å². The van der Waals surface area contributed by atoms with E-state index >= 15 is 0 Å². The van der Waals surface area contributed by atoms with E-state index in [-0.39, 0.29) is 15.2 Å². The summed E-state index contributed by atoms with van der Waals surface area (Å²) in [6.45, 7) is 1.72. The highest BCUT2D eigenvalue weighted by Crippen LogP contribution is 2.29. The van der Waals surface area contributed by atoms with E-state index in [1.807, 2.05) is 0 Å². The van der Waals surface area contributed by atoms with E-state index < -0.39 is 10.0 Å². The standard InChI is InChI=1S/C8H10ClN5O2S2/c1-5-7(17-8(9)12-5)18(15,16)14(2)3-6-10-4-11-13-6/h4H,3H2,1-2H3,(H,10,11,13). The van der Waals surface area contributed by atoms with Gasteiger partial charge in [-0.2, -0.15) is 9.40 Å². The number of rotatable bonds is 4. The fourth-order valence-electron chi connectivity index (χ4n) is 1.33. The summed E-state index contributed by atoms with van der Waals surface area (Å²) in [6, 6.07) is 0. The maximum atomic E-state index is 12.3. The van der Waals surface area contributed by atoms with E-state index in [0.717, 1.165) is 11.3 Å². The van der Waals surface area contributed by atoms with Gasteiger partial charge in [-0.25, -0.2) is 18.4 Å². The molecule has 0 amide bonds. The molecule has 0 unspecified atom stereocenters. The first kappa shape index (κ1) is 13.4. The molecule has 10 heteroatoms. The van der Waals surface area contributed by atoms with E-state index in [1.54, 1.807) is 6.92 Å². The molecule has 7 nitrogen and oxygen atoms in total. The maximum absolute atomic E-state index is 12.3. The van der Waals surface area contributed by atoms with Gasteiger partial charge in [0.05, 0.1) is 12.2 Å². The minimum absolute atomic E-state index is 0.108. The Morgan fingerprint density at radius 3 is 2.78 bits per heavy atom. The maximum Gasteiger partial charge on any atom is 0.254 e. The average molecular weight is 308 g/mol. The van der Waals surface area contributed by atoms with Gasteiger partial charge in [0.15, 0.2) is 8.68 Å².